The Kier molecular flexibility index (Phi) is 7.28. The third-order valence-corrected chi connectivity index (χ3v) is 5.08. The summed E-state index contributed by atoms with van der Waals surface area (Å²) in [4.78, 5) is 10.0. The molecule has 0 aliphatic rings. The Morgan fingerprint density at radius 3 is 2.37 bits per heavy atom. The van der Waals surface area contributed by atoms with Crippen LogP contribution in [0.1, 0.15) is 19.4 Å². The topological polar surface area (TPSA) is 111 Å². The number of hydrogen-bond donors (Lipinski definition) is 2. The fraction of sp³-hybridized carbons (Fsp3) is 0.333. The van der Waals surface area contributed by atoms with Crippen LogP contribution in [0.2, 0.25) is 0 Å². The number of sulfonamides is 1. The molecule has 2 N–H and O–H groups in total. The van der Waals surface area contributed by atoms with Gasteiger partial charge in [-0.25, -0.2) is 13.1 Å². The van der Waals surface area contributed by atoms with Crippen molar-refractivity contribution in [2.45, 2.75) is 31.4 Å². The third kappa shape index (κ3) is 6.31. The summed E-state index contributed by atoms with van der Waals surface area (Å²) in [6, 6.07) is 12.4. The van der Waals surface area contributed by atoms with Gasteiger partial charge >= 0.3 is 0 Å². The van der Waals surface area contributed by atoms with Crippen LogP contribution in [0.5, 0.6) is 5.75 Å². The summed E-state index contributed by atoms with van der Waals surface area (Å²) in [5.41, 5.74) is 0.835. The first-order chi connectivity index (χ1) is 12.8. The molecule has 2 aromatic carbocycles. The quantitative estimate of drug-likeness (QED) is 0.364. The number of para-hydroxylation sites is 1. The van der Waals surface area contributed by atoms with Crippen molar-refractivity contribution >= 4 is 15.7 Å². The van der Waals surface area contributed by atoms with Gasteiger partial charge in [0.1, 0.15) is 5.75 Å². The highest BCUT2D eigenvalue weighted by molar-refractivity contribution is 7.89. The van der Waals surface area contributed by atoms with Gasteiger partial charge in [-0.3, -0.25) is 10.1 Å². The Morgan fingerprint density at radius 1 is 1.07 bits per heavy atom. The first kappa shape index (κ1) is 20.8. The Labute approximate surface area is 158 Å². The maximum Gasteiger partial charge on any atom is 0.269 e. The molecule has 0 aliphatic carbocycles. The van der Waals surface area contributed by atoms with E-state index in [0.29, 0.717) is 13.1 Å². The zero-order valence-electron chi connectivity index (χ0n) is 15.2. The number of rotatable bonds is 10. The summed E-state index contributed by atoms with van der Waals surface area (Å²) in [6.07, 6.45) is 0.0691. The number of benzene rings is 2. The maximum absolute atomic E-state index is 12.2. The molecule has 27 heavy (non-hydrogen) atoms. The molecule has 0 fully saturated rings. The van der Waals surface area contributed by atoms with Gasteiger partial charge in [-0.1, -0.05) is 18.2 Å². The Morgan fingerprint density at radius 2 is 1.74 bits per heavy atom. The van der Waals surface area contributed by atoms with Crippen LogP contribution in [0, 0.1) is 10.1 Å². The van der Waals surface area contributed by atoms with Gasteiger partial charge in [0.15, 0.2) is 0 Å². The standard InChI is InChI=1S/C18H23N3O5S/c1-14(2)26-18-6-4-3-5-15(18)13-19-11-12-20-27(24,25)17-9-7-16(8-10-17)21(22)23/h3-10,14,19-20H,11-13H2,1-2H3. The molecule has 0 amide bonds. The molecule has 9 heteroatoms. The molecule has 8 nitrogen and oxygen atoms in total. The fourth-order valence-electron chi connectivity index (χ4n) is 2.35. The lowest BCUT2D eigenvalue weighted by molar-refractivity contribution is -0.384. The second-order valence-corrected chi connectivity index (χ2v) is 7.87. The molecule has 0 unspecified atom stereocenters. The van der Waals surface area contributed by atoms with Crippen LogP contribution in [0.25, 0.3) is 0 Å². The average molecular weight is 393 g/mol. The second-order valence-electron chi connectivity index (χ2n) is 6.10. The van der Waals surface area contributed by atoms with E-state index in [0.717, 1.165) is 11.3 Å². The highest BCUT2D eigenvalue weighted by atomic mass is 32.2. The largest absolute Gasteiger partial charge is 0.491 e. The molecular formula is C18H23N3O5S. The van der Waals surface area contributed by atoms with Gasteiger partial charge in [-0.2, -0.15) is 0 Å². The van der Waals surface area contributed by atoms with Crippen molar-refractivity contribution in [2.24, 2.45) is 0 Å². The summed E-state index contributed by atoms with van der Waals surface area (Å²) in [7, 11) is -3.71. The maximum atomic E-state index is 12.2. The van der Waals surface area contributed by atoms with E-state index in [9.17, 15) is 18.5 Å². The van der Waals surface area contributed by atoms with Crippen LogP contribution in [-0.4, -0.2) is 32.5 Å². The lowest BCUT2D eigenvalue weighted by atomic mass is 10.2. The Balaban J connectivity index is 1.83. The van der Waals surface area contributed by atoms with Crippen molar-refractivity contribution in [1.29, 1.82) is 0 Å². The monoisotopic (exact) mass is 393 g/mol. The van der Waals surface area contributed by atoms with E-state index in [4.69, 9.17) is 4.74 Å². The van der Waals surface area contributed by atoms with Crippen LogP contribution in [0.3, 0.4) is 0 Å². The van der Waals surface area contributed by atoms with Gasteiger partial charge in [0, 0.05) is 37.3 Å². The minimum absolute atomic E-state index is 0.0104. The van der Waals surface area contributed by atoms with Crippen LogP contribution in [-0.2, 0) is 16.6 Å². The van der Waals surface area contributed by atoms with E-state index >= 15 is 0 Å². The van der Waals surface area contributed by atoms with Gasteiger partial charge in [-0.15, -0.1) is 0 Å². The number of nitro benzene ring substituents is 1. The fourth-order valence-corrected chi connectivity index (χ4v) is 3.38. The third-order valence-electron chi connectivity index (χ3n) is 3.60. The summed E-state index contributed by atoms with van der Waals surface area (Å²) in [5.74, 6) is 0.798. The SMILES string of the molecule is CC(C)Oc1ccccc1CNCCNS(=O)(=O)c1ccc([N+](=O)[O-])cc1. The summed E-state index contributed by atoms with van der Waals surface area (Å²) in [6.45, 7) is 5.06. The Bertz CT molecular complexity index is 867. The van der Waals surface area contributed by atoms with Crippen molar-refractivity contribution < 1.29 is 18.1 Å². The molecule has 2 aromatic rings. The minimum Gasteiger partial charge on any atom is -0.491 e. The normalized spacial score (nSPS) is 11.5. The van der Waals surface area contributed by atoms with Crippen molar-refractivity contribution in [2.75, 3.05) is 13.1 Å². The molecular weight excluding hydrogens is 370 g/mol. The van der Waals surface area contributed by atoms with Gasteiger partial charge in [-0.05, 0) is 32.0 Å². The molecule has 0 atom stereocenters. The number of ether oxygens (including phenoxy) is 1. The molecule has 0 radical (unpaired) electrons. The zero-order valence-corrected chi connectivity index (χ0v) is 16.0. The summed E-state index contributed by atoms with van der Waals surface area (Å²) < 4.78 is 32.6. The van der Waals surface area contributed by atoms with E-state index in [1.165, 1.54) is 24.3 Å². The lowest BCUT2D eigenvalue weighted by Crippen LogP contribution is -2.31. The Hall–Kier alpha value is -2.49. The lowest BCUT2D eigenvalue weighted by Gasteiger charge is -2.14. The van der Waals surface area contributed by atoms with Crippen molar-refractivity contribution in [3.8, 4) is 5.75 Å². The smallest absolute Gasteiger partial charge is 0.269 e. The van der Waals surface area contributed by atoms with E-state index < -0.39 is 14.9 Å². The molecule has 0 aromatic heterocycles. The molecule has 2 rings (SSSR count). The van der Waals surface area contributed by atoms with Gasteiger partial charge in [0.2, 0.25) is 10.0 Å². The number of hydrogen-bond acceptors (Lipinski definition) is 6. The molecule has 146 valence electrons. The molecule has 0 saturated carbocycles. The summed E-state index contributed by atoms with van der Waals surface area (Å²) in [5, 5.41) is 13.8. The van der Waals surface area contributed by atoms with Gasteiger partial charge < -0.3 is 10.1 Å². The van der Waals surface area contributed by atoms with E-state index in [-0.39, 0.29) is 23.2 Å². The van der Waals surface area contributed by atoms with E-state index in [1.807, 2.05) is 38.1 Å². The van der Waals surface area contributed by atoms with Crippen LogP contribution in [0.4, 0.5) is 5.69 Å². The molecule has 0 bridgehead atoms. The van der Waals surface area contributed by atoms with Crippen LogP contribution in [0.15, 0.2) is 53.4 Å². The van der Waals surface area contributed by atoms with E-state index in [2.05, 4.69) is 10.0 Å². The van der Waals surface area contributed by atoms with Crippen molar-refractivity contribution in [3.63, 3.8) is 0 Å². The highest BCUT2D eigenvalue weighted by Crippen LogP contribution is 2.19. The highest BCUT2D eigenvalue weighted by Gasteiger charge is 2.15. The molecule has 0 aliphatic heterocycles. The van der Waals surface area contributed by atoms with Gasteiger partial charge in [0.05, 0.1) is 15.9 Å². The van der Waals surface area contributed by atoms with E-state index in [1.54, 1.807) is 0 Å². The minimum atomic E-state index is -3.71. The number of nitrogens with one attached hydrogen (secondary N) is 2. The zero-order chi connectivity index (χ0) is 19.9. The van der Waals surface area contributed by atoms with Crippen LogP contribution >= 0.6 is 0 Å². The van der Waals surface area contributed by atoms with Crippen LogP contribution < -0.4 is 14.8 Å². The number of non-ortho nitro benzene ring substituents is 1. The van der Waals surface area contributed by atoms with Crippen molar-refractivity contribution in [1.82, 2.24) is 10.0 Å². The number of nitrogens with zero attached hydrogens (tertiary/aromatic N) is 1. The second kappa shape index (κ2) is 9.45. The molecule has 0 spiro atoms. The summed E-state index contributed by atoms with van der Waals surface area (Å²) >= 11 is 0. The van der Waals surface area contributed by atoms with Crippen molar-refractivity contribution in [3.05, 3.63) is 64.2 Å². The van der Waals surface area contributed by atoms with Gasteiger partial charge in [0.25, 0.3) is 5.69 Å². The predicted octanol–water partition coefficient (Wildman–Crippen LogP) is 2.45. The first-order valence-corrected chi connectivity index (χ1v) is 9.97. The first-order valence-electron chi connectivity index (χ1n) is 8.49. The molecule has 0 heterocycles. The molecule has 0 saturated heterocycles. The average Bonchev–Trinajstić information content (AvgIpc) is 2.62. The number of nitro groups is 1. The predicted molar refractivity (Wildman–Crippen MR) is 102 cm³/mol.